The van der Waals surface area contributed by atoms with Crippen LogP contribution in [0.3, 0.4) is 0 Å². The average Bonchev–Trinajstić information content (AvgIpc) is 0.933. The van der Waals surface area contributed by atoms with Gasteiger partial charge in [0.25, 0.3) is 0 Å². The second kappa shape index (κ2) is 83.6. The molecule has 0 aliphatic rings. The predicted molar refractivity (Wildman–Crippen MR) is 438 cm³/mol. The van der Waals surface area contributed by atoms with Crippen molar-refractivity contribution in [2.75, 3.05) is 19.8 Å². The molecule has 1 aromatic carbocycles. The monoisotopic (exact) mass is 1360 g/mol. The lowest BCUT2D eigenvalue weighted by Gasteiger charge is -2.19. The Hall–Kier alpha value is -1.38. The van der Waals surface area contributed by atoms with E-state index in [4.69, 9.17) is 14.2 Å². The van der Waals surface area contributed by atoms with Crippen LogP contribution in [0.2, 0.25) is 0 Å². The molecule has 0 atom stereocenters. The summed E-state index contributed by atoms with van der Waals surface area (Å²) in [6.07, 6.45) is 114. The molecule has 1 radical (unpaired) electrons. The van der Waals surface area contributed by atoms with Crippen LogP contribution in [0.1, 0.15) is 540 Å². The molecule has 0 N–H and O–H groups in total. The van der Waals surface area contributed by atoms with Crippen LogP contribution in [0, 0.1) is 6.92 Å². The van der Waals surface area contributed by atoms with Gasteiger partial charge in [-0.2, -0.15) is 0 Å². The topological polar surface area (TPSA) is 27.7 Å². The fraction of sp³-hybridized carbons (Fsp3) is 0.926. The van der Waals surface area contributed by atoms with E-state index in [0.717, 1.165) is 75.6 Å². The van der Waals surface area contributed by atoms with Gasteiger partial charge in [0.15, 0.2) is 11.5 Å². The van der Waals surface area contributed by atoms with Crippen molar-refractivity contribution >= 4 is 0 Å². The Labute approximate surface area is 613 Å². The molecule has 3 heteroatoms. The molecular formula is C94H181O3. The van der Waals surface area contributed by atoms with Crippen LogP contribution in [-0.4, -0.2) is 19.8 Å². The Morgan fingerprint density at radius 3 is 0.485 bits per heavy atom. The minimum absolute atomic E-state index is 0.739. The number of unbranched alkanes of at least 4 members (excludes halogenated alkanes) is 76. The first kappa shape index (κ1) is 93.6. The highest BCUT2D eigenvalue weighted by molar-refractivity contribution is 5.54. The summed E-state index contributed by atoms with van der Waals surface area (Å²) in [5, 5.41) is 0. The van der Waals surface area contributed by atoms with Crippen molar-refractivity contribution in [1.82, 2.24) is 0 Å². The fourth-order valence-corrected chi connectivity index (χ4v) is 15.3. The van der Waals surface area contributed by atoms with Crippen molar-refractivity contribution in [3.63, 3.8) is 0 Å². The molecule has 97 heavy (non-hydrogen) atoms. The van der Waals surface area contributed by atoms with E-state index in [0.29, 0.717) is 0 Å². The zero-order valence-electron chi connectivity index (χ0n) is 67.5. The van der Waals surface area contributed by atoms with Crippen molar-refractivity contribution in [3.8, 4) is 17.2 Å². The third kappa shape index (κ3) is 72.8. The van der Waals surface area contributed by atoms with E-state index in [1.165, 1.54) is 487 Å². The second-order valence-electron chi connectivity index (χ2n) is 31.9. The molecule has 0 aromatic heterocycles. The molecular weight excluding hydrogens is 1180 g/mol. The molecule has 0 unspecified atom stereocenters. The van der Waals surface area contributed by atoms with Gasteiger partial charge in [0, 0.05) is 0 Å². The molecule has 0 bridgehead atoms. The minimum Gasteiger partial charge on any atom is -0.490 e. The van der Waals surface area contributed by atoms with Crippen LogP contribution in [-0.2, 0) is 6.42 Å². The van der Waals surface area contributed by atoms with Crippen LogP contribution < -0.4 is 14.2 Å². The highest BCUT2D eigenvalue weighted by atomic mass is 16.5. The average molecular weight is 1360 g/mol. The summed E-state index contributed by atoms with van der Waals surface area (Å²) < 4.78 is 20.2. The maximum absolute atomic E-state index is 6.74. The van der Waals surface area contributed by atoms with Gasteiger partial charge >= 0.3 is 0 Å². The van der Waals surface area contributed by atoms with Gasteiger partial charge in [-0.25, -0.2) is 0 Å². The lowest BCUT2D eigenvalue weighted by Crippen LogP contribution is -2.07. The Morgan fingerprint density at radius 1 is 0.186 bits per heavy atom. The summed E-state index contributed by atoms with van der Waals surface area (Å²) in [5.74, 6) is 2.69. The van der Waals surface area contributed by atoms with Crippen molar-refractivity contribution < 1.29 is 14.2 Å². The van der Waals surface area contributed by atoms with Gasteiger partial charge in [-0.1, -0.05) is 516 Å². The molecule has 0 aliphatic heterocycles. The van der Waals surface area contributed by atoms with Crippen molar-refractivity contribution in [2.24, 2.45) is 0 Å². The number of ether oxygens (including phenoxy) is 3. The van der Waals surface area contributed by atoms with Crippen LogP contribution in [0.25, 0.3) is 0 Å². The molecule has 0 fully saturated rings. The van der Waals surface area contributed by atoms with E-state index in [1.807, 2.05) is 0 Å². The molecule has 1 rings (SSSR count). The Balaban J connectivity index is 2.36. The predicted octanol–water partition coefficient (Wildman–Crippen LogP) is 34.5. The quantitative estimate of drug-likeness (QED) is 0.0609. The van der Waals surface area contributed by atoms with E-state index in [-0.39, 0.29) is 0 Å². The number of hydrogen-bond donors (Lipinski definition) is 0. The molecule has 0 amide bonds. The van der Waals surface area contributed by atoms with Gasteiger partial charge in [-0.3, -0.25) is 0 Å². The summed E-state index contributed by atoms with van der Waals surface area (Å²) >= 11 is 0. The highest BCUT2D eigenvalue weighted by Gasteiger charge is 2.17. The summed E-state index contributed by atoms with van der Waals surface area (Å²) in [6.45, 7) is 13.4. The number of rotatable bonds is 87. The first-order valence-electron chi connectivity index (χ1n) is 46.1. The molecule has 0 aliphatic carbocycles. The molecule has 0 saturated heterocycles. The molecule has 0 heterocycles. The molecule has 0 saturated carbocycles. The van der Waals surface area contributed by atoms with Gasteiger partial charge in [-0.15, -0.1) is 0 Å². The lowest BCUT2D eigenvalue weighted by molar-refractivity contribution is 0.234. The maximum Gasteiger partial charge on any atom is 0.203 e. The smallest absolute Gasteiger partial charge is 0.203 e. The van der Waals surface area contributed by atoms with Crippen molar-refractivity contribution in [3.05, 3.63) is 24.6 Å². The Kier molecular flexibility index (Phi) is 80.7. The zero-order valence-corrected chi connectivity index (χ0v) is 67.5. The number of aryl methyl sites for hydroxylation is 1. The first-order valence-corrected chi connectivity index (χ1v) is 46.1. The van der Waals surface area contributed by atoms with E-state index in [2.05, 4.69) is 39.8 Å². The fourth-order valence-electron chi connectivity index (χ4n) is 15.3. The Morgan fingerprint density at radius 2 is 0.330 bits per heavy atom. The zero-order chi connectivity index (χ0) is 69.2. The third-order valence-corrected chi connectivity index (χ3v) is 22.1. The molecule has 0 spiro atoms. The van der Waals surface area contributed by atoms with Crippen LogP contribution >= 0.6 is 0 Å². The van der Waals surface area contributed by atoms with Crippen LogP contribution in [0.5, 0.6) is 17.2 Å². The highest BCUT2D eigenvalue weighted by Crippen LogP contribution is 2.40. The van der Waals surface area contributed by atoms with E-state index >= 15 is 0 Å². The normalized spacial score (nSPS) is 11.7. The van der Waals surface area contributed by atoms with Gasteiger partial charge in [0.05, 0.1) is 19.8 Å². The number of benzene rings is 1. The first-order chi connectivity index (χ1) is 48.3. The van der Waals surface area contributed by atoms with Gasteiger partial charge < -0.3 is 14.2 Å². The number of hydrogen-bond acceptors (Lipinski definition) is 3. The van der Waals surface area contributed by atoms with Gasteiger partial charge in [0.2, 0.25) is 5.75 Å². The summed E-state index contributed by atoms with van der Waals surface area (Å²) in [5.41, 5.74) is 1.30. The summed E-state index contributed by atoms with van der Waals surface area (Å²) in [4.78, 5) is 0. The Bertz CT molecular complexity index is 1490. The van der Waals surface area contributed by atoms with E-state index in [1.54, 1.807) is 0 Å². The van der Waals surface area contributed by atoms with Crippen molar-refractivity contribution in [2.45, 2.75) is 541 Å². The molecule has 1 aromatic rings. The van der Waals surface area contributed by atoms with Gasteiger partial charge in [0.1, 0.15) is 0 Å². The largest absolute Gasteiger partial charge is 0.490 e. The summed E-state index contributed by atoms with van der Waals surface area (Å²) in [6, 6.07) is 4.56. The van der Waals surface area contributed by atoms with E-state index < -0.39 is 0 Å². The molecule has 575 valence electrons. The van der Waals surface area contributed by atoms with Crippen LogP contribution in [0.4, 0.5) is 0 Å². The van der Waals surface area contributed by atoms with Crippen molar-refractivity contribution in [1.29, 1.82) is 0 Å². The molecule has 3 nitrogen and oxygen atoms in total. The standard InChI is InChI=1S/C94H181O3/c1-5-9-13-16-19-22-25-28-31-34-37-40-43-46-49-52-55-58-61-64-67-70-73-76-79-82-86-95-92-89-91(85-12-8-4)90-93(96-87-83-80-77-74-71-68-65-62-59-56-53-50-47-44-41-38-35-32-29-26-23-20-17-14-10-6-2)94(92)97-88-84-81-78-75-72-69-66-63-60-57-54-51-48-45-42-39-36-33-30-27-24-21-18-15-11-7-3/h89-90H,4-88H2,1-3H3. The summed E-state index contributed by atoms with van der Waals surface area (Å²) in [7, 11) is 0. The van der Waals surface area contributed by atoms with Gasteiger partial charge in [-0.05, 0) is 49.8 Å². The SMILES string of the molecule is [CH2]CCCc1cc(OCCCCCCCCCCCCCCCCCCCCCCCCCCCC)c(OCCCCCCCCCCCCCCCCCCCCCCCCCCCC)c(OCCCCCCCCCCCCCCCCCCCCCCCCCCCC)c1. The third-order valence-electron chi connectivity index (χ3n) is 22.1. The van der Waals surface area contributed by atoms with Crippen LogP contribution in [0.15, 0.2) is 12.1 Å². The lowest BCUT2D eigenvalue weighted by atomic mass is 10.0. The maximum atomic E-state index is 6.74. The second-order valence-corrected chi connectivity index (χ2v) is 31.9. The van der Waals surface area contributed by atoms with E-state index in [9.17, 15) is 0 Å². The minimum atomic E-state index is 0.739.